The zero-order valence-electron chi connectivity index (χ0n) is 26.1. The van der Waals surface area contributed by atoms with E-state index in [0.29, 0.717) is 12.5 Å². The minimum atomic E-state index is 0.286. The molecule has 2 atom stereocenters. The zero-order valence-corrected chi connectivity index (χ0v) is 27.7. The molecule has 1 aliphatic rings. The van der Waals surface area contributed by atoms with E-state index in [9.17, 15) is 0 Å². The van der Waals surface area contributed by atoms with E-state index in [2.05, 4.69) is 142 Å². The quantitative estimate of drug-likeness (QED) is 0.132. The number of unbranched alkanes of at least 4 members (excludes halogenated alkanes) is 2. The van der Waals surface area contributed by atoms with Crippen LogP contribution in [0.3, 0.4) is 0 Å². The first kappa shape index (κ1) is 30.4. The summed E-state index contributed by atoms with van der Waals surface area (Å²) in [4.78, 5) is 3.40. The van der Waals surface area contributed by atoms with E-state index in [1.807, 2.05) is 6.07 Å². The molecule has 0 spiro atoms. The number of aromatic amines is 1. The summed E-state index contributed by atoms with van der Waals surface area (Å²) in [6.07, 6.45) is 8.74. The molecule has 2 unspecified atom stereocenters. The Balaban J connectivity index is 0.991. The maximum atomic E-state index is 6.21. The van der Waals surface area contributed by atoms with Gasteiger partial charge in [-0.15, -0.1) is 0 Å². The molecule has 4 heteroatoms. The van der Waals surface area contributed by atoms with Crippen LogP contribution in [0.5, 0.6) is 11.5 Å². The Morgan fingerprint density at radius 2 is 1.48 bits per heavy atom. The van der Waals surface area contributed by atoms with Crippen molar-refractivity contribution in [3.8, 4) is 11.5 Å². The third kappa shape index (κ3) is 7.08. The standard InChI is InChI=1S/C42H40BrNO2/c43-35-18-24-41-40(27-35)34(28-44-41)14-8-3-9-25-45-36-19-15-32(16-20-36)42-38(31-12-6-2-7-13-31)22-17-33-26-37(21-23-39(33)42)46-29-30-10-4-1-5-11-30/h1-2,4-7,10-13,15-16,18-21,23-24,26-28,38,42,44H,3,8-9,14,17,22,25,29H2. The lowest BCUT2D eigenvalue weighted by Gasteiger charge is -2.35. The second-order valence-electron chi connectivity index (χ2n) is 12.4. The summed E-state index contributed by atoms with van der Waals surface area (Å²) in [5.41, 5.74) is 9.32. The minimum Gasteiger partial charge on any atom is -0.494 e. The van der Waals surface area contributed by atoms with Crippen LogP contribution in [0.25, 0.3) is 10.9 Å². The fraction of sp³-hybridized carbons (Fsp3) is 0.238. The Morgan fingerprint density at radius 1 is 0.696 bits per heavy atom. The molecular weight excluding hydrogens is 630 g/mol. The number of aromatic nitrogens is 1. The van der Waals surface area contributed by atoms with E-state index in [4.69, 9.17) is 9.47 Å². The van der Waals surface area contributed by atoms with Crippen LogP contribution in [0.4, 0.5) is 0 Å². The van der Waals surface area contributed by atoms with Gasteiger partial charge in [-0.2, -0.15) is 0 Å². The summed E-state index contributed by atoms with van der Waals surface area (Å²) >= 11 is 3.60. The molecule has 1 N–H and O–H groups in total. The van der Waals surface area contributed by atoms with E-state index in [-0.39, 0.29) is 5.92 Å². The van der Waals surface area contributed by atoms with Gasteiger partial charge in [-0.05, 0) is 120 Å². The lowest BCUT2D eigenvalue weighted by atomic mass is 9.69. The highest BCUT2D eigenvalue weighted by molar-refractivity contribution is 9.10. The van der Waals surface area contributed by atoms with Gasteiger partial charge in [0.1, 0.15) is 18.1 Å². The fourth-order valence-corrected chi connectivity index (χ4v) is 7.37. The molecule has 7 rings (SSSR count). The van der Waals surface area contributed by atoms with Gasteiger partial charge in [0.05, 0.1) is 6.61 Å². The van der Waals surface area contributed by atoms with Gasteiger partial charge in [0.2, 0.25) is 0 Å². The summed E-state index contributed by atoms with van der Waals surface area (Å²) in [5, 5.41) is 1.32. The van der Waals surface area contributed by atoms with Crippen molar-refractivity contribution in [1.29, 1.82) is 0 Å². The maximum Gasteiger partial charge on any atom is 0.120 e. The second-order valence-corrected chi connectivity index (χ2v) is 13.3. The van der Waals surface area contributed by atoms with Gasteiger partial charge in [-0.3, -0.25) is 0 Å². The molecule has 0 saturated heterocycles. The number of hydrogen-bond donors (Lipinski definition) is 1. The molecule has 46 heavy (non-hydrogen) atoms. The van der Waals surface area contributed by atoms with Gasteiger partial charge in [-0.25, -0.2) is 0 Å². The number of benzene rings is 5. The molecule has 0 fully saturated rings. The summed E-state index contributed by atoms with van der Waals surface area (Å²) in [6.45, 7) is 1.32. The van der Waals surface area contributed by atoms with E-state index in [1.54, 1.807) is 0 Å². The Morgan fingerprint density at radius 3 is 2.30 bits per heavy atom. The monoisotopic (exact) mass is 669 g/mol. The first-order chi connectivity index (χ1) is 22.7. The maximum absolute atomic E-state index is 6.21. The van der Waals surface area contributed by atoms with Crippen molar-refractivity contribution in [2.24, 2.45) is 0 Å². The number of hydrogen-bond acceptors (Lipinski definition) is 2. The van der Waals surface area contributed by atoms with Crippen LogP contribution in [0.2, 0.25) is 0 Å². The molecule has 6 aromatic rings. The SMILES string of the molecule is Brc1ccc2[nH]cc(CCCCCOc3ccc(C4c5ccc(OCc6ccccc6)cc5CCC4c4ccccc4)cc3)c2c1. The normalized spacial score (nSPS) is 15.8. The van der Waals surface area contributed by atoms with Crippen LogP contribution in [-0.4, -0.2) is 11.6 Å². The predicted molar refractivity (Wildman–Crippen MR) is 192 cm³/mol. The summed E-state index contributed by atoms with van der Waals surface area (Å²) < 4.78 is 13.5. The van der Waals surface area contributed by atoms with E-state index >= 15 is 0 Å². The number of aryl methyl sites for hydroxylation is 2. The van der Waals surface area contributed by atoms with E-state index < -0.39 is 0 Å². The minimum absolute atomic E-state index is 0.286. The number of rotatable bonds is 12. The van der Waals surface area contributed by atoms with E-state index in [1.165, 1.54) is 44.3 Å². The summed E-state index contributed by atoms with van der Waals surface area (Å²) in [5.74, 6) is 2.60. The van der Waals surface area contributed by atoms with Crippen molar-refractivity contribution in [2.45, 2.75) is 57.0 Å². The fourth-order valence-electron chi connectivity index (χ4n) is 7.01. The summed E-state index contributed by atoms with van der Waals surface area (Å²) in [7, 11) is 0. The van der Waals surface area contributed by atoms with Gasteiger partial charge >= 0.3 is 0 Å². The molecule has 232 valence electrons. The Labute approximate surface area is 280 Å². The Bertz CT molecular complexity index is 1860. The molecule has 0 amide bonds. The van der Waals surface area contributed by atoms with Gasteiger partial charge in [0.15, 0.2) is 0 Å². The van der Waals surface area contributed by atoms with Gasteiger partial charge < -0.3 is 14.5 Å². The number of fused-ring (bicyclic) bond motifs is 2. The van der Waals surface area contributed by atoms with Gasteiger partial charge in [0, 0.05) is 27.5 Å². The molecule has 1 heterocycles. The van der Waals surface area contributed by atoms with Crippen LogP contribution >= 0.6 is 15.9 Å². The van der Waals surface area contributed by atoms with Crippen LogP contribution in [0, 0.1) is 0 Å². The highest BCUT2D eigenvalue weighted by atomic mass is 79.9. The Kier molecular flexibility index (Phi) is 9.53. The number of nitrogens with one attached hydrogen (secondary N) is 1. The number of H-pyrrole nitrogens is 1. The van der Waals surface area contributed by atoms with E-state index in [0.717, 1.165) is 61.1 Å². The van der Waals surface area contributed by atoms with Crippen molar-refractivity contribution >= 4 is 26.8 Å². The zero-order chi connectivity index (χ0) is 31.1. The molecule has 1 aromatic heterocycles. The van der Waals surface area contributed by atoms with Crippen molar-refractivity contribution in [3.05, 3.63) is 165 Å². The van der Waals surface area contributed by atoms with Crippen LogP contribution in [-0.2, 0) is 19.4 Å². The van der Waals surface area contributed by atoms with Crippen molar-refractivity contribution < 1.29 is 9.47 Å². The highest BCUT2D eigenvalue weighted by Crippen LogP contribution is 2.47. The Hall–Kier alpha value is -4.28. The lowest BCUT2D eigenvalue weighted by Crippen LogP contribution is -2.20. The average Bonchev–Trinajstić information content (AvgIpc) is 3.51. The molecule has 0 radical (unpaired) electrons. The highest BCUT2D eigenvalue weighted by Gasteiger charge is 2.32. The van der Waals surface area contributed by atoms with Crippen molar-refractivity contribution in [1.82, 2.24) is 4.98 Å². The average molecular weight is 671 g/mol. The third-order valence-corrected chi connectivity index (χ3v) is 9.87. The lowest BCUT2D eigenvalue weighted by molar-refractivity contribution is 0.305. The summed E-state index contributed by atoms with van der Waals surface area (Å²) in [6, 6.07) is 43.4. The molecule has 0 bridgehead atoms. The van der Waals surface area contributed by atoms with Crippen LogP contribution in [0.15, 0.2) is 132 Å². The molecular formula is C42H40BrNO2. The van der Waals surface area contributed by atoms with Crippen LogP contribution in [0.1, 0.15) is 70.9 Å². The molecule has 0 saturated carbocycles. The third-order valence-electron chi connectivity index (χ3n) is 9.38. The molecule has 3 nitrogen and oxygen atoms in total. The van der Waals surface area contributed by atoms with Gasteiger partial charge in [-0.1, -0.05) is 94.8 Å². The topological polar surface area (TPSA) is 34.2 Å². The molecule has 1 aliphatic carbocycles. The largest absolute Gasteiger partial charge is 0.494 e. The molecule has 0 aliphatic heterocycles. The van der Waals surface area contributed by atoms with Crippen molar-refractivity contribution in [3.63, 3.8) is 0 Å². The smallest absolute Gasteiger partial charge is 0.120 e. The van der Waals surface area contributed by atoms with Gasteiger partial charge in [0.25, 0.3) is 0 Å². The first-order valence-electron chi connectivity index (χ1n) is 16.5. The number of halogens is 1. The second kappa shape index (κ2) is 14.4. The van der Waals surface area contributed by atoms with Crippen molar-refractivity contribution in [2.75, 3.05) is 6.61 Å². The molecule has 5 aromatic carbocycles. The number of ether oxygens (including phenoxy) is 2. The van der Waals surface area contributed by atoms with Crippen LogP contribution < -0.4 is 9.47 Å². The first-order valence-corrected chi connectivity index (χ1v) is 17.3. The predicted octanol–water partition coefficient (Wildman–Crippen LogP) is 11.2.